The first kappa shape index (κ1) is 23.7. The number of carbonyl (C=O) groups is 1. The van der Waals surface area contributed by atoms with Crippen molar-refractivity contribution in [2.24, 2.45) is 0 Å². The maximum absolute atomic E-state index is 12.9. The Kier molecular flexibility index (Phi) is 7.85. The molecule has 170 valence electrons. The van der Waals surface area contributed by atoms with E-state index in [1.54, 1.807) is 10.6 Å². The van der Waals surface area contributed by atoms with Gasteiger partial charge in [0, 0.05) is 6.54 Å². The summed E-state index contributed by atoms with van der Waals surface area (Å²) in [7, 11) is 0. The van der Waals surface area contributed by atoms with Gasteiger partial charge in [0.15, 0.2) is 11.0 Å². The predicted molar refractivity (Wildman–Crippen MR) is 115 cm³/mol. The first-order chi connectivity index (χ1) is 15.3. The molecule has 8 nitrogen and oxygen atoms in total. The molecule has 0 aliphatic rings. The lowest BCUT2D eigenvalue weighted by Crippen LogP contribution is -2.15. The number of hydrogen-bond donors (Lipinski definition) is 1. The molecule has 0 fully saturated rings. The van der Waals surface area contributed by atoms with E-state index in [0.29, 0.717) is 22.7 Å². The van der Waals surface area contributed by atoms with Crippen LogP contribution in [0.2, 0.25) is 0 Å². The molecule has 3 rings (SSSR count). The molecule has 1 aromatic carbocycles. The van der Waals surface area contributed by atoms with E-state index in [-0.39, 0.29) is 24.0 Å². The Morgan fingerprint density at radius 2 is 2.12 bits per heavy atom. The molecule has 0 aliphatic carbocycles. The van der Waals surface area contributed by atoms with Gasteiger partial charge in [0.25, 0.3) is 0 Å². The summed E-state index contributed by atoms with van der Waals surface area (Å²) in [6.07, 6.45) is -2.10. The lowest BCUT2D eigenvalue weighted by molar-refractivity contribution is -0.137. The molecule has 0 aliphatic heterocycles. The van der Waals surface area contributed by atoms with Gasteiger partial charge in [0.05, 0.1) is 11.3 Å². The molecular weight excluding hydrogens is 465 g/mol. The number of ether oxygens (including phenoxy) is 1. The quantitative estimate of drug-likeness (QED) is 0.340. The van der Waals surface area contributed by atoms with Gasteiger partial charge in [-0.1, -0.05) is 42.2 Å². The fraction of sp³-hybridized carbons (Fsp3) is 0.316. The second kappa shape index (κ2) is 10.6. The van der Waals surface area contributed by atoms with E-state index >= 15 is 0 Å². The van der Waals surface area contributed by atoms with Crippen molar-refractivity contribution in [2.75, 3.05) is 11.1 Å². The van der Waals surface area contributed by atoms with E-state index in [1.165, 1.54) is 23.5 Å². The highest BCUT2D eigenvalue weighted by molar-refractivity contribution is 7.99. The van der Waals surface area contributed by atoms with Crippen LogP contribution in [0.25, 0.3) is 0 Å². The third-order valence-corrected chi connectivity index (χ3v) is 5.93. The van der Waals surface area contributed by atoms with Crippen LogP contribution in [0.15, 0.2) is 42.1 Å². The van der Waals surface area contributed by atoms with Gasteiger partial charge in [-0.05, 0) is 24.6 Å². The van der Waals surface area contributed by atoms with Crippen molar-refractivity contribution in [1.82, 2.24) is 25.0 Å². The third-order valence-electron chi connectivity index (χ3n) is 3.98. The van der Waals surface area contributed by atoms with E-state index < -0.39 is 11.7 Å². The molecular formula is C19H19F3N6O2S2. The van der Waals surface area contributed by atoms with Gasteiger partial charge in [-0.25, -0.2) is 0 Å². The zero-order chi connectivity index (χ0) is 23.1. The second-order valence-electron chi connectivity index (χ2n) is 6.30. The highest BCUT2D eigenvalue weighted by Gasteiger charge is 2.30. The monoisotopic (exact) mass is 484 g/mol. The number of aromatic nitrogens is 5. The Bertz CT molecular complexity index is 1080. The van der Waals surface area contributed by atoms with Crippen LogP contribution in [-0.4, -0.2) is 36.6 Å². The summed E-state index contributed by atoms with van der Waals surface area (Å²) in [4.78, 5) is 12.2. The minimum Gasteiger partial charge on any atom is -0.486 e. The number of rotatable bonds is 10. The summed E-state index contributed by atoms with van der Waals surface area (Å²) in [6, 6.07) is 4.60. The molecule has 2 heterocycles. The Morgan fingerprint density at radius 3 is 2.81 bits per heavy atom. The number of halogens is 3. The van der Waals surface area contributed by atoms with Crippen molar-refractivity contribution in [2.45, 2.75) is 37.8 Å². The summed E-state index contributed by atoms with van der Waals surface area (Å²) >= 11 is 2.47. The van der Waals surface area contributed by atoms with Crippen molar-refractivity contribution in [1.29, 1.82) is 0 Å². The fourth-order valence-corrected chi connectivity index (χ4v) is 3.95. The maximum atomic E-state index is 12.9. The van der Waals surface area contributed by atoms with E-state index in [2.05, 4.69) is 32.3 Å². The van der Waals surface area contributed by atoms with Gasteiger partial charge >= 0.3 is 6.18 Å². The topological polar surface area (TPSA) is 94.8 Å². The molecule has 0 saturated carbocycles. The van der Waals surface area contributed by atoms with Gasteiger partial charge < -0.3 is 4.74 Å². The standard InChI is InChI=1S/C19H19F3N6O2S2/c1-3-8-28-14(10-30-13-7-5-6-12(9-13)19(20,21)22)24-27-18(28)31-11-15(29)23-17-26-25-16(4-2)32-17/h3,5-7,9H,1,4,8,10-11H2,2H3,(H,23,26,29). The number of carbonyl (C=O) groups excluding carboxylic acids is 1. The normalized spacial score (nSPS) is 11.4. The number of nitrogens with one attached hydrogen (secondary N) is 1. The van der Waals surface area contributed by atoms with Gasteiger partial charge in [0.2, 0.25) is 11.0 Å². The lowest BCUT2D eigenvalue weighted by atomic mass is 10.2. The average Bonchev–Trinajstić information content (AvgIpc) is 3.37. The summed E-state index contributed by atoms with van der Waals surface area (Å²) in [5.74, 6) is 0.237. The molecule has 0 bridgehead atoms. The number of nitrogens with zero attached hydrogens (tertiary/aromatic N) is 5. The van der Waals surface area contributed by atoms with Crippen LogP contribution in [-0.2, 0) is 30.5 Å². The van der Waals surface area contributed by atoms with Gasteiger partial charge in [-0.15, -0.1) is 27.0 Å². The van der Waals surface area contributed by atoms with Gasteiger partial charge in [0.1, 0.15) is 17.4 Å². The number of anilines is 1. The molecule has 1 amide bonds. The molecule has 1 N–H and O–H groups in total. The fourth-order valence-electron chi connectivity index (χ4n) is 2.49. The molecule has 0 spiro atoms. The molecule has 0 saturated heterocycles. The highest BCUT2D eigenvalue weighted by atomic mass is 32.2. The van der Waals surface area contributed by atoms with Crippen LogP contribution >= 0.6 is 23.1 Å². The van der Waals surface area contributed by atoms with Crippen molar-refractivity contribution in [3.8, 4) is 5.75 Å². The smallest absolute Gasteiger partial charge is 0.416 e. The lowest BCUT2D eigenvalue weighted by Gasteiger charge is -2.11. The number of alkyl halides is 3. The van der Waals surface area contributed by atoms with Crippen molar-refractivity contribution in [3.05, 3.63) is 53.3 Å². The minimum absolute atomic E-state index is 0.0602. The molecule has 32 heavy (non-hydrogen) atoms. The van der Waals surface area contributed by atoms with Crippen LogP contribution < -0.4 is 10.1 Å². The van der Waals surface area contributed by atoms with Crippen LogP contribution in [0.1, 0.15) is 23.3 Å². The van der Waals surface area contributed by atoms with E-state index in [9.17, 15) is 18.0 Å². The molecule has 13 heteroatoms. The average molecular weight is 485 g/mol. The molecule has 0 atom stereocenters. The van der Waals surface area contributed by atoms with E-state index in [4.69, 9.17) is 4.74 Å². The number of allylic oxidation sites excluding steroid dienone is 1. The zero-order valence-corrected chi connectivity index (χ0v) is 18.6. The third kappa shape index (κ3) is 6.29. The highest BCUT2D eigenvalue weighted by Crippen LogP contribution is 2.31. The summed E-state index contributed by atoms with van der Waals surface area (Å²) in [6.45, 7) is 5.88. The largest absolute Gasteiger partial charge is 0.486 e. The Hall–Kier alpha value is -2.93. The van der Waals surface area contributed by atoms with E-state index in [1.807, 2.05) is 6.92 Å². The van der Waals surface area contributed by atoms with Crippen LogP contribution in [0, 0.1) is 0 Å². The Labute approximate surface area is 189 Å². The Balaban J connectivity index is 1.62. The Morgan fingerprint density at radius 1 is 1.31 bits per heavy atom. The minimum atomic E-state index is -4.46. The maximum Gasteiger partial charge on any atom is 0.416 e. The summed E-state index contributed by atoms with van der Waals surface area (Å²) < 4.78 is 45.8. The predicted octanol–water partition coefficient (Wildman–Crippen LogP) is 4.21. The van der Waals surface area contributed by atoms with Crippen molar-refractivity contribution in [3.63, 3.8) is 0 Å². The number of hydrogen-bond acceptors (Lipinski definition) is 8. The van der Waals surface area contributed by atoms with E-state index in [0.717, 1.165) is 35.3 Å². The zero-order valence-electron chi connectivity index (χ0n) is 16.9. The number of benzene rings is 1. The van der Waals surface area contributed by atoms with Gasteiger partial charge in [-0.2, -0.15) is 13.2 Å². The SMILES string of the molecule is C=CCn1c(COc2cccc(C(F)(F)F)c2)nnc1SCC(=O)Nc1nnc(CC)s1. The number of amides is 1. The first-order valence-corrected chi connectivity index (χ1v) is 11.2. The van der Waals surface area contributed by atoms with Crippen molar-refractivity contribution >= 4 is 34.1 Å². The number of aryl methyl sites for hydroxylation is 1. The molecule has 0 unspecified atom stereocenters. The van der Waals surface area contributed by atoms with Crippen LogP contribution in [0.5, 0.6) is 5.75 Å². The van der Waals surface area contributed by atoms with Crippen molar-refractivity contribution < 1.29 is 22.7 Å². The van der Waals surface area contributed by atoms with Gasteiger partial charge in [-0.3, -0.25) is 14.7 Å². The summed E-state index contributed by atoms with van der Waals surface area (Å²) in [5.41, 5.74) is -0.800. The molecule has 2 aromatic heterocycles. The van der Waals surface area contributed by atoms with Crippen LogP contribution in [0.4, 0.5) is 18.3 Å². The molecule has 3 aromatic rings. The first-order valence-electron chi connectivity index (χ1n) is 9.38. The summed E-state index contributed by atoms with van der Waals surface area (Å²) in [5, 5.41) is 20.3. The van der Waals surface area contributed by atoms with Crippen LogP contribution in [0.3, 0.4) is 0 Å². The number of thioether (sulfide) groups is 1. The second-order valence-corrected chi connectivity index (χ2v) is 8.31. The molecule has 0 radical (unpaired) electrons.